The number of hydrogen-bond acceptors (Lipinski definition) is 2. The summed E-state index contributed by atoms with van der Waals surface area (Å²) < 4.78 is 79.7. The molecule has 2 N–H and O–H groups in total. The van der Waals surface area contributed by atoms with E-state index in [1.54, 1.807) is 11.4 Å². The second-order valence-corrected chi connectivity index (χ2v) is 10.0. The summed E-state index contributed by atoms with van der Waals surface area (Å²) in [4.78, 5) is 23.9. The highest BCUT2D eigenvalue weighted by Gasteiger charge is 2.39. The summed E-state index contributed by atoms with van der Waals surface area (Å²) in [5, 5.41) is 3.91. The van der Waals surface area contributed by atoms with Crippen LogP contribution in [0.2, 0.25) is 0 Å². The molecule has 0 radical (unpaired) electrons. The number of alkyl halides is 6. The predicted molar refractivity (Wildman–Crippen MR) is 130 cm³/mol. The van der Waals surface area contributed by atoms with E-state index in [2.05, 4.69) is 53.1 Å². The van der Waals surface area contributed by atoms with Gasteiger partial charge in [0.25, 0.3) is 5.91 Å². The monoisotopic (exact) mass is 692 g/mol. The van der Waals surface area contributed by atoms with Gasteiger partial charge in [-0.15, -0.1) is 0 Å². The van der Waals surface area contributed by atoms with Gasteiger partial charge in [0.2, 0.25) is 5.91 Å². The maximum atomic E-state index is 13.7. The molecule has 0 fully saturated rings. The quantitative estimate of drug-likeness (QED) is 0.303. The van der Waals surface area contributed by atoms with Crippen LogP contribution in [0.5, 0.6) is 0 Å². The number of rotatable bonds is 7. The van der Waals surface area contributed by atoms with Crippen molar-refractivity contribution >= 4 is 65.7 Å². The van der Waals surface area contributed by atoms with Crippen molar-refractivity contribution < 1.29 is 35.9 Å². The van der Waals surface area contributed by atoms with Crippen molar-refractivity contribution in [2.45, 2.75) is 31.2 Å². The highest BCUT2D eigenvalue weighted by Crippen LogP contribution is 2.38. The topological polar surface area (TPSA) is 58.2 Å². The van der Waals surface area contributed by atoms with Gasteiger partial charge in [-0.2, -0.15) is 26.3 Å². The number of benzene rings is 2. The zero-order valence-corrected chi connectivity index (χ0v) is 22.5. The normalized spacial score (nSPS) is 14.0. The van der Waals surface area contributed by atoms with E-state index in [4.69, 9.17) is 0 Å². The lowest BCUT2D eigenvalue weighted by molar-refractivity contribution is -0.157. The summed E-state index contributed by atoms with van der Waals surface area (Å²) in [6.07, 6.45) is -6.93. The molecule has 0 aromatic heterocycles. The number of allylic oxidation sites excluding steroid dienone is 1. The molecule has 2 amide bonds. The number of halogens is 9. The Bertz CT molecular complexity index is 1100. The van der Waals surface area contributed by atoms with Crippen molar-refractivity contribution in [1.82, 2.24) is 10.6 Å². The van der Waals surface area contributed by atoms with Gasteiger partial charge in [0.15, 0.2) is 0 Å². The van der Waals surface area contributed by atoms with E-state index in [1.165, 1.54) is 36.4 Å². The molecule has 0 bridgehead atoms. The van der Waals surface area contributed by atoms with Crippen molar-refractivity contribution in [3.05, 3.63) is 72.6 Å². The van der Waals surface area contributed by atoms with E-state index in [0.29, 0.717) is 14.5 Å². The zero-order chi connectivity index (χ0) is 26.6. The van der Waals surface area contributed by atoms with Crippen LogP contribution in [-0.2, 0) is 4.79 Å². The molecule has 2 aromatic carbocycles. The van der Waals surface area contributed by atoms with Crippen LogP contribution >= 0.6 is 47.8 Å². The first-order valence-corrected chi connectivity index (χ1v) is 12.1. The summed E-state index contributed by atoms with van der Waals surface area (Å²) in [6.45, 7) is 0.0736. The van der Waals surface area contributed by atoms with Crippen LogP contribution in [0, 0.1) is 0 Å². The molecule has 35 heavy (non-hydrogen) atoms. The van der Waals surface area contributed by atoms with Gasteiger partial charge in [-0.3, -0.25) is 9.59 Å². The Hall–Kier alpha value is -1.86. The number of amides is 2. The molecule has 0 aliphatic carbocycles. The molecular formula is C22H17Br3F6N2O2. The number of nitrogens with one attached hydrogen (secondary N) is 2. The van der Waals surface area contributed by atoms with Crippen LogP contribution in [0.4, 0.5) is 26.3 Å². The van der Waals surface area contributed by atoms with Crippen molar-refractivity contribution in [1.29, 1.82) is 0 Å². The molecule has 4 nitrogen and oxygen atoms in total. The first-order chi connectivity index (χ1) is 16.1. The summed E-state index contributed by atoms with van der Waals surface area (Å²) in [5.41, 5.74) is 0.416. The average Bonchev–Trinajstić information content (AvgIpc) is 2.70. The fraction of sp³-hybridized carbons (Fsp3) is 0.273. The third kappa shape index (κ3) is 8.94. The Labute approximate surface area is 221 Å². The molecule has 2 rings (SSSR count). The Morgan fingerprint density at radius 3 is 2.06 bits per heavy atom. The van der Waals surface area contributed by atoms with E-state index in [9.17, 15) is 35.9 Å². The summed E-state index contributed by atoms with van der Waals surface area (Å²) >= 11 is 9.51. The maximum Gasteiger partial charge on any atom is 0.408 e. The first-order valence-electron chi connectivity index (χ1n) is 9.72. The lowest BCUT2D eigenvalue weighted by atomic mass is 9.97. The number of carbonyl (C=O) groups is 2. The van der Waals surface area contributed by atoms with Gasteiger partial charge in [-0.25, -0.2) is 0 Å². The van der Waals surface area contributed by atoms with Gasteiger partial charge >= 0.3 is 12.4 Å². The third-order valence-electron chi connectivity index (χ3n) is 4.59. The van der Waals surface area contributed by atoms with E-state index < -0.39 is 42.7 Å². The van der Waals surface area contributed by atoms with E-state index in [-0.39, 0.29) is 15.6 Å². The molecule has 0 spiro atoms. The lowest BCUT2D eigenvalue weighted by Gasteiger charge is -2.18. The summed E-state index contributed by atoms with van der Waals surface area (Å²) in [6, 6.07) is 6.37. The Morgan fingerprint density at radius 2 is 1.54 bits per heavy atom. The lowest BCUT2D eigenvalue weighted by Crippen LogP contribution is -2.47. The number of carbonyl (C=O) groups excluding carboxylic acids is 2. The molecule has 190 valence electrons. The molecule has 0 saturated carbocycles. The van der Waals surface area contributed by atoms with Gasteiger partial charge in [0, 0.05) is 13.4 Å². The van der Waals surface area contributed by atoms with E-state index in [0.717, 1.165) is 13.0 Å². The van der Waals surface area contributed by atoms with Crippen LogP contribution in [0.3, 0.4) is 0 Å². The standard InChI is InChI=1S/C22H17Br3F6N2O2/c1-11(21(26,27)28)33-19(34)10-32-20(35)16-4-2-12(6-18(16)25)3-5-17(22(29,30)31)13-7-14(23)9-15(24)8-13/h2-9,11,17H,10H2,1H3,(H,32,35)(H,33,34)/b5-3+. The second-order valence-electron chi connectivity index (χ2n) is 7.33. The smallest absolute Gasteiger partial charge is 0.343 e. The van der Waals surface area contributed by atoms with E-state index in [1.807, 2.05) is 0 Å². The molecule has 13 heteroatoms. The Morgan fingerprint density at radius 1 is 0.943 bits per heavy atom. The van der Waals surface area contributed by atoms with Crippen LogP contribution in [-0.4, -0.2) is 36.8 Å². The van der Waals surface area contributed by atoms with Crippen molar-refractivity contribution in [3.63, 3.8) is 0 Å². The van der Waals surface area contributed by atoms with Crippen LogP contribution in [0.1, 0.15) is 34.3 Å². The van der Waals surface area contributed by atoms with Gasteiger partial charge < -0.3 is 10.6 Å². The fourth-order valence-corrected chi connectivity index (χ4v) is 4.73. The molecular weight excluding hydrogens is 678 g/mol. The molecule has 0 saturated heterocycles. The minimum absolute atomic E-state index is 0.0168. The predicted octanol–water partition coefficient (Wildman–Crippen LogP) is 7.13. The third-order valence-corrected chi connectivity index (χ3v) is 6.17. The van der Waals surface area contributed by atoms with Crippen molar-refractivity contribution in [3.8, 4) is 0 Å². The van der Waals surface area contributed by atoms with Crippen molar-refractivity contribution in [2.24, 2.45) is 0 Å². The molecule has 0 aliphatic rings. The highest BCUT2D eigenvalue weighted by atomic mass is 79.9. The highest BCUT2D eigenvalue weighted by molar-refractivity contribution is 9.11. The minimum Gasteiger partial charge on any atom is -0.343 e. The van der Waals surface area contributed by atoms with Crippen LogP contribution in [0.25, 0.3) is 6.08 Å². The zero-order valence-electron chi connectivity index (χ0n) is 17.7. The fourth-order valence-electron chi connectivity index (χ4n) is 2.82. The van der Waals surface area contributed by atoms with Gasteiger partial charge in [-0.05, 0) is 64.3 Å². The summed E-state index contributed by atoms with van der Waals surface area (Å²) in [5.74, 6) is -3.68. The Kier molecular flexibility index (Phi) is 10.0. The maximum absolute atomic E-state index is 13.7. The van der Waals surface area contributed by atoms with Gasteiger partial charge in [0.05, 0.1) is 18.0 Å². The molecule has 2 atom stereocenters. The van der Waals surface area contributed by atoms with Crippen LogP contribution in [0.15, 0.2) is 55.9 Å². The van der Waals surface area contributed by atoms with Gasteiger partial charge in [-0.1, -0.05) is 50.1 Å². The SMILES string of the molecule is CC(NC(=O)CNC(=O)c1ccc(/C=C/C(c2cc(Br)cc(Br)c2)C(F)(F)F)cc1Br)C(F)(F)F. The minimum atomic E-state index is -4.62. The average molecular weight is 695 g/mol. The Balaban J connectivity index is 2.13. The second kappa shape index (κ2) is 11.9. The molecule has 2 aromatic rings. The van der Waals surface area contributed by atoms with Gasteiger partial charge in [0.1, 0.15) is 6.04 Å². The molecule has 2 unspecified atom stereocenters. The van der Waals surface area contributed by atoms with Crippen molar-refractivity contribution in [2.75, 3.05) is 6.54 Å². The number of hydrogen-bond donors (Lipinski definition) is 2. The summed E-state index contributed by atoms with van der Waals surface area (Å²) in [7, 11) is 0. The largest absolute Gasteiger partial charge is 0.408 e. The van der Waals surface area contributed by atoms with E-state index >= 15 is 0 Å². The molecule has 0 heterocycles. The van der Waals surface area contributed by atoms with Crippen LogP contribution < -0.4 is 10.6 Å². The first kappa shape index (κ1) is 29.4. The molecule has 0 aliphatic heterocycles.